The number of amides is 1. The van der Waals surface area contributed by atoms with Crippen LogP contribution in [-0.2, 0) is 10.2 Å². The van der Waals surface area contributed by atoms with Gasteiger partial charge in [-0.3, -0.25) is 14.7 Å². The van der Waals surface area contributed by atoms with Gasteiger partial charge in [-0.25, -0.2) is 4.98 Å². The number of fused-ring (bicyclic) bond motifs is 2. The first-order valence-electron chi connectivity index (χ1n) is 8.81. The van der Waals surface area contributed by atoms with Crippen LogP contribution >= 0.6 is 0 Å². The standard InChI is InChI=1S/C19H19N5O2/c1-19(2)15-16(21-8-7-20-15)24(17(19)25)12-9-11(10-12)22-18-23-13-5-3-4-6-14(13)26-18/h3-8,11-12H,9-10H2,1-2H3,(H,22,23). The molecule has 7 heteroatoms. The molecule has 0 saturated heterocycles. The van der Waals surface area contributed by atoms with Gasteiger partial charge in [-0.2, -0.15) is 4.98 Å². The number of nitrogens with zero attached hydrogens (tertiary/aromatic N) is 4. The number of benzene rings is 1. The van der Waals surface area contributed by atoms with Crippen molar-refractivity contribution < 1.29 is 9.21 Å². The molecule has 1 aromatic carbocycles. The lowest BCUT2D eigenvalue weighted by molar-refractivity contribution is -0.123. The van der Waals surface area contributed by atoms with Crippen molar-refractivity contribution in [1.29, 1.82) is 0 Å². The molecule has 1 aliphatic carbocycles. The number of oxazole rings is 1. The van der Waals surface area contributed by atoms with Gasteiger partial charge in [-0.05, 0) is 38.8 Å². The van der Waals surface area contributed by atoms with Crippen LogP contribution in [0.5, 0.6) is 0 Å². The Kier molecular flexibility index (Phi) is 3.10. The van der Waals surface area contributed by atoms with Crippen molar-refractivity contribution in [1.82, 2.24) is 15.0 Å². The molecule has 26 heavy (non-hydrogen) atoms. The number of rotatable bonds is 3. The summed E-state index contributed by atoms with van der Waals surface area (Å²) in [6.45, 7) is 3.82. The maximum absolute atomic E-state index is 12.9. The molecule has 132 valence electrons. The predicted molar refractivity (Wildman–Crippen MR) is 97.0 cm³/mol. The molecule has 1 N–H and O–H groups in total. The van der Waals surface area contributed by atoms with Gasteiger partial charge in [0.15, 0.2) is 11.4 Å². The van der Waals surface area contributed by atoms with E-state index >= 15 is 0 Å². The largest absolute Gasteiger partial charge is 0.424 e. The van der Waals surface area contributed by atoms with E-state index in [0.717, 1.165) is 29.6 Å². The second kappa shape index (κ2) is 5.27. The predicted octanol–water partition coefficient (Wildman–Crippen LogP) is 2.89. The molecule has 7 nitrogen and oxygen atoms in total. The van der Waals surface area contributed by atoms with E-state index in [1.54, 1.807) is 12.4 Å². The highest BCUT2D eigenvalue weighted by atomic mass is 16.4. The van der Waals surface area contributed by atoms with Gasteiger partial charge in [0, 0.05) is 24.5 Å². The van der Waals surface area contributed by atoms with Gasteiger partial charge in [-0.1, -0.05) is 12.1 Å². The molecule has 3 aromatic rings. The molecule has 2 aromatic heterocycles. The van der Waals surface area contributed by atoms with Crippen LogP contribution < -0.4 is 10.2 Å². The van der Waals surface area contributed by atoms with Crippen LogP contribution in [-0.4, -0.2) is 32.9 Å². The quantitative estimate of drug-likeness (QED) is 0.783. The van der Waals surface area contributed by atoms with E-state index in [2.05, 4.69) is 20.3 Å². The fourth-order valence-electron chi connectivity index (χ4n) is 3.81. The summed E-state index contributed by atoms with van der Waals surface area (Å²) >= 11 is 0. The molecular formula is C19H19N5O2. The Hall–Kier alpha value is -2.96. The number of hydrogen-bond acceptors (Lipinski definition) is 6. The molecule has 0 radical (unpaired) electrons. The van der Waals surface area contributed by atoms with Gasteiger partial charge < -0.3 is 9.73 Å². The Balaban J connectivity index is 1.32. The molecular weight excluding hydrogens is 330 g/mol. The molecule has 1 saturated carbocycles. The molecule has 0 unspecified atom stereocenters. The van der Waals surface area contributed by atoms with E-state index in [1.165, 1.54) is 0 Å². The maximum Gasteiger partial charge on any atom is 0.295 e. The Morgan fingerprint density at radius 3 is 2.77 bits per heavy atom. The first-order valence-corrected chi connectivity index (χ1v) is 8.81. The van der Waals surface area contributed by atoms with Crippen LogP contribution in [0.1, 0.15) is 32.4 Å². The van der Waals surface area contributed by atoms with E-state index in [1.807, 2.05) is 43.0 Å². The van der Waals surface area contributed by atoms with E-state index < -0.39 is 5.41 Å². The zero-order chi connectivity index (χ0) is 17.9. The van der Waals surface area contributed by atoms with Crippen LogP contribution in [0.2, 0.25) is 0 Å². The first-order chi connectivity index (χ1) is 12.5. The zero-order valence-electron chi connectivity index (χ0n) is 14.6. The second-order valence-corrected chi connectivity index (χ2v) is 7.48. The Labute approximate surface area is 150 Å². The fourth-order valence-corrected chi connectivity index (χ4v) is 3.81. The number of hydrogen-bond donors (Lipinski definition) is 1. The summed E-state index contributed by atoms with van der Waals surface area (Å²) in [6, 6.07) is 8.57. The summed E-state index contributed by atoms with van der Waals surface area (Å²) in [6.07, 6.45) is 4.95. The summed E-state index contributed by atoms with van der Waals surface area (Å²) in [7, 11) is 0. The van der Waals surface area contributed by atoms with Crippen molar-refractivity contribution in [3.63, 3.8) is 0 Å². The van der Waals surface area contributed by atoms with Crippen molar-refractivity contribution in [2.45, 2.75) is 44.2 Å². The number of nitrogens with one attached hydrogen (secondary N) is 1. The Morgan fingerprint density at radius 2 is 1.96 bits per heavy atom. The third kappa shape index (κ3) is 2.13. The fraction of sp³-hybridized carbons (Fsp3) is 0.368. The zero-order valence-corrected chi connectivity index (χ0v) is 14.6. The van der Waals surface area contributed by atoms with Gasteiger partial charge in [0.2, 0.25) is 5.91 Å². The van der Waals surface area contributed by atoms with Crippen molar-refractivity contribution in [2.75, 3.05) is 10.2 Å². The van der Waals surface area contributed by atoms with Crippen molar-refractivity contribution >= 4 is 28.8 Å². The second-order valence-electron chi connectivity index (χ2n) is 7.48. The van der Waals surface area contributed by atoms with Crippen molar-refractivity contribution in [2.24, 2.45) is 0 Å². The van der Waals surface area contributed by atoms with E-state index in [-0.39, 0.29) is 18.0 Å². The van der Waals surface area contributed by atoms with Gasteiger partial charge in [0.05, 0.1) is 11.1 Å². The molecule has 0 spiro atoms. The summed E-state index contributed by atoms with van der Waals surface area (Å²) in [5, 5.41) is 3.33. The van der Waals surface area contributed by atoms with Crippen LogP contribution in [0.15, 0.2) is 41.1 Å². The van der Waals surface area contributed by atoms with Crippen molar-refractivity contribution in [3.8, 4) is 0 Å². The topological polar surface area (TPSA) is 84.2 Å². The summed E-state index contributed by atoms with van der Waals surface area (Å²) in [4.78, 5) is 28.0. The summed E-state index contributed by atoms with van der Waals surface area (Å²) in [5.41, 5.74) is 1.75. The Bertz CT molecular complexity index is 973. The normalized spacial score (nSPS) is 23.8. The highest BCUT2D eigenvalue weighted by Crippen LogP contribution is 2.43. The van der Waals surface area contributed by atoms with Gasteiger partial charge >= 0.3 is 0 Å². The minimum atomic E-state index is -0.623. The SMILES string of the molecule is CC1(C)C(=O)N(C2CC(Nc3nc4ccccc4o3)C2)c2nccnc21. The number of para-hydroxylation sites is 2. The van der Waals surface area contributed by atoms with Crippen LogP contribution in [0.25, 0.3) is 11.1 Å². The molecule has 5 rings (SSSR count). The summed E-state index contributed by atoms with van der Waals surface area (Å²) < 4.78 is 5.72. The highest BCUT2D eigenvalue weighted by molar-refractivity contribution is 6.06. The molecule has 1 fully saturated rings. The third-order valence-corrected chi connectivity index (χ3v) is 5.35. The molecule has 2 aliphatic rings. The van der Waals surface area contributed by atoms with E-state index in [9.17, 15) is 4.79 Å². The minimum absolute atomic E-state index is 0.0732. The van der Waals surface area contributed by atoms with Gasteiger partial charge in [0.25, 0.3) is 6.01 Å². The van der Waals surface area contributed by atoms with Crippen molar-refractivity contribution in [3.05, 3.63) is 42.4 Å². The smallest absolute Gasteiger partial charge is 0.295 e. The van der Waals surface area contributed by atoms with Gasteiger partial charge in [0.1, 0.15) is 5.52 Å². The van der Waals surface area contributed by atoms with Gasteiger partial charge in [-0.15, -0.1) is 0 Å². The third-order valence-electron chi connectivity index (χ3n) is 5.35. The van der Waals surface area contributed by atoms with Crippen LogP contribution in [0.4, 0.5) is 11.8 Å². The highest BCUT2D eigenvalue weighted by Gasteiger charge is 2.51. The molecule has 1 amide bonds. The lowest BCUT2D eigenvalue weighted by Gasteiger charge is -2.41. The molecule has 1 aliphatic heterocycles. The van der Waals surface area contributed by atoms with E-state index in [0.29, 0.717) is 11.8 Å². The first kappa shape index (κ1) is 15.3. The van der Waals surface area contributed by atoms with E-state index in [4.69, 9.17) is 4.42 Å². The maximum atomic E-state index is 12.9. The lowest BCUT2D eigenvalue weighted by atomic mass is 9.85. The monoisotopic (exact) mass is 349 g/mol. The van der Waals surface area contributed by atoms with Crippen LogP contribution in [0, 0.1) is 0 Å². The Morgan fingerprint density at radius 1 is 1.19 bits per heavy atom. The molecule has 3 heterocycles. The summed E-state index contributed by atoms with van der Waals surface area (Å²) in [5.74, 6) is 0.775. The number of carbonyl (C=O) groups is 1. The average Bonchev–Trinajstić information content (AvgIpc) is 3.09. The lowest BCUT2D eigenvalue weighted by Crippen LogP contribution is -2.53. The molecule has 0 bridgehead atoms. The van der Waals surface area contributed by atoms with Crippen LogP contribution in [0.3, 0.4) is 0 Å². The minimum Gasteiger partial charge on any atom is -0.424 e. The molecule has 0 atom stereocenters. The number of aromatic nitrogens is 3. The number of anilines is 2. The average molecular weight is 349 g/mol. The number of carbonyl (C=O) groups excluding carboxylic acids is 1.